The van der Waals surface area contributed by atoms with Crippen molar-refractivity contribution in [3.05, 3.63) is 0 Å². The van der Waals surface area contributed by atoms with Crippen molar-refractivity contribution >= 4 is 17.5 Å². The lowest BCUT2D eigenvalue weighted by molar-refractivity contribution is -0.121. The van der Waals surface area contributed by atoms with E-state index in [0.29, 0.717) is 18.6 Å². The van der Waals surface area contributed by atoms with E-state index in [1.165, 1.54) is 0 Å². The smallest absolute Gasteiger partial charge is 0.268 e. The minimum absolute atomic E-state index is 0.0433. The van der Waals surface area contributed by atoms with E-state index in [1.807, 2.05) is 0 Å². The number of aliphatic hydroxyl groups is 1. The molecule has 2 aliphatic rings. The predicted molar refractivity (Wildman–Crippen MR) is 61.2 cm³/mol. The van der Waals surface area contributed by atoms with Crippen molar-refractivity contribution in [3.8, 4) is 0 Å². The molecule has 3 N–H and O–H groups in total. The van der Waals surface area contributed by atoms with Gasteiger partial charge in [0.1, 0.15) is 5.71 Å². The van der Waals surface area contributed by atoms with Crippen molar-refractivity contribution in [1.29, 1.82) is 0 Å². The molecule has 0 aromatic heterocycles. The van der Waals surface area contributed by atoms with Crippen molar-refractivity contribution in [2.45, 2.75) is 44.1 Å². The third-order valence-corrected chi connectivity index (χ3v) is 3.41. The Kier molecular flexibility index (Phi) is 3.42. The Hall–Kier alpha value is -1.43. The van der Waals surface area contributed by atoms with E-state index in [2.05, 4.69) is 15.8 Å². The lowest BCUT2D eigenvalue weighted by Gasteiger charge is -2.28. The molecule has 0 aromatic rings. The fraction of sp³-hybridized carbons (Fsp3) is 0.727. The third kappa shape index (κ3) is 2.63. The van der Waals surface area contributed by atoms with Crippen molar-refractivity contribution < 1.29 is 14.7 Å². The molecule has 1 heterocycles. The Balaban J connectivity index is 1.99. The highest BCUT2D eigenvalue weighted by atomic mass is 16.3. The number of aliphatic hydroxyl groups excluding tert-OH is 1. The standard InChI is InChI=1S/C11H17N3O3/c15-7-11(5-1-2-6-11)12-10(17)8-3-4-9(16)14-13-8/h15H,1-7H2,(H,12,17)(H,14,16). The Morgan fingerprint density at radius 2 is 2.12 bits per heavy atom. The van der Waals surface area contributed by atoms with Crippen LogP contribution in [0.3, 0.4) is 0 Å². The number of hydrazone groups is 1. The molecule has 17 heavy (non-hydrogen) atoms. The molecule has 6 nitrogen and oxygen atoms in total. The minimum Gasteiger partial charge on any atom is -0.394 e. The van der Waals surface area contributed by atoms with E-state index in [4.69, 9.17) is 0 Å². The summed E-state index contributed by atoms with van der Waals surface area (Å²) in [4.78, 5) is 22.8. The van der Waals surface area contributed by atoms with Gasteiger partial charge in [-0.15, -0.1) is 0 Å². The summed E-state index contributed by atoms with van der Waals surface area (Å²) in [6.07, 6.45) is 4.29. The first-order valence-electron chi connectivity index (χ1n) is 5.94. The topological polar surface area (TPSA) is 90.8 Å². The zero-order valence-corrected chi connectivity index (χ0v) is 9.66. The van der Waals surface area contributed by atoms with E-state index >= 15 is 0 Å². The molecule has 2 amide bonds. The highest BCUT2D eigenvalue weighted by Gasteiger charge is 2.35. The summed E-state index contributed by atoms with van der Waals surface area (Å²) in [5.74, 6) is -0.444. The number of nitrogens with zero attached hydrogens (tertiary/aromatic N) is 1. The van der Waals surface area contributed by atoms with Crippen LogP contribution in [-0.4, -0.2) is 34.8 Å². The largest absolute Gasteiger partial charge is 0.394 e. The Morgan fingerprint density at radius 1 is 1.41 bits per heavy atom. The number of nitrogens with one attached hydrogen (secondary N) is 2. The molecule has 1 saturated carbocycles. The highest BCUT2D eigenvalue weighted by Crippen LogP contribution is 2.29. The fourth-order valence-electron chi connectivity index (χ4n) is 2.33. The van der Waals surface area contributed by atoms with Gasteiger partial charge in [-0.05, 0) is 12.8 Å². The summed E-state index contributed by atoms with van der Waals surface area (Å²) in [5.41, 5.74) is 2.15. The second-order valence-electron chi connectivity index (χ2n) is 4.69. The average molecular weight is 239 g/mol. The zero-order valence-electron chi connectivity index (χ0n) is 9.66. The molecule has 0 saturated heterocycles. The average Bonchev–Trinajstić information content (AvgIpc) is 2.79. The Bertz CT molecular complexity index is 359. The number of hydrogen-bond acceptors (Lipinski definition) is 4. The molecule has 6 heteroatoms. The van der Waals surface area contributed by atoms with E-state index in [0.717, 1.165) is 25.7 Å². The molecule has 1 fully saturated rings. The molecule has 94 valence electrons. The molecule has 0 atom stereocenters. The second-order valence-corrected chi connectivity index (χ2v) is 4.69. The summed E-state index contributed by atoms with van der Waals surface area (Å²) in [5, 5.41) is 16.0. The van der Waals surface area contributed by atoms with E-state index in [-0.39, 0.29) is 18.4 Å². The van der Waals surface area contributed by atoms with Crippen LogP contribution in [0.1, 0.15) is 38.5 Å². The van der Waals surface area contributed by atoms with Crippen LogP contribution in [0, 0.1) is 0 Å². The molecule has 0 radical (unpaired) electrons. The SMILES string of the molecule is O=C1CCC(C(=O)NC2(CO)CCCC2)=NN1. The van der Waals surface area contributed by atoms with Crippen LogP contribution < -0.4 is 10.7 Å². The maximum Gasteiger partial charge on any atom is 0.268 e. The summed E-state index contributed by atoms with van der Waals surface area (Å²) in [6.45, 7) is -0.0433. The van der Waals surface area contributed by atoms with E-state index < -0.39 is 5.54 Å². The van der Waals surface area contributed by atoms with Gasteiger partial charge in [0.15, 0.2) is 0 Å². The van der Waals surface area contributed by atoms with Gasteiger partial charge in [-0.3, -0.25) is 9.59 Å². The molecule has 0 bridgehead atoms. The van der Waals surface area contributed by atoms with Crippen LogP contribution in [-0.2, 0) is 9.59 Å². The van der Waals surface area contributed by atoms with Crippen LogP contribution in [0.4, 0.5) is 0 Å². The summed E-state index contributed by atoms with van der Waals surface area (Å²) in [6, 6.07) is 0. The maximum absolute atomic E-state index is 11.9. The van der Waals surface area contributed by atoms with Crippen LogP contribution in [0.25, 0.3) is 0 Å². The summed E-state index contributed by atoms with van der Waals surface area (Å²) in [7, 11) is 0. The van der Waals surface area contributed by atoms with Gasteiger partial charge in [-0.2, -0.15) is 5.10 Å². The highest BCUT2D eigenvalue weighted by molar-refractivity contribution is 6.39. The molecular formula is C11H17N3O3. The van der Waals surface area contributed by atoms with Crippen molar-refractivity contribution in [2.75, 3.05) is 6.61 Å². The lowest BCUT2D eigenvalue weighted by Crippen LogP contribution is -2.52. The molecule has 1 aliphatic heterocycles. The molecule has 0 unspecified atom stereocenters. The maximum atomic E-state index is 11.9. The van der Waals surface area contributed by atoms with E-state index in [1.54, 1.807) is 0 Å². The summed E-state index contributed by atoms with van der Waals surface area (Å²) < 4.78 is 0. The number of carbonyl (C=O) groups excluding carboxylic acids is 2. The molecule has 0 spiro atoms. The molecule has 2 rings (SSSR count). The van der Waals surface area contributed by atoms with Crippen LogP contribution >= 0.6 is 0 Å². The first-order valence-corrected chi connectivity index (χ1v) is 5.94. The zero-order chi connectivity index (χ0) is 12.3. The Labute approximate surface area is 99.5 Å². The molecule has 0 aromatic carbocycles. The molecular weight excluding hydrogens is 222 g/mol. The van der Waals surface area contributed by atoms with Crippen molar-refractivity contribution in [2.24, 2.45) is 5.10 Å². The first-order chi connectivity index (χ1) is 8.15. The van der Waals surface area contributed by atoms with Gasteiger partial charge in [0.2, 0.25) is 5.91 Å². The number of rotatable bonds is 3. The van der Waals surface area contributed by atoms with Gasteiger partial charge in [0.05, 0.1) is 12.1 Å². The normalized spacial score (nSPS) is 22.9. The van der Waals surface area contributed by atoms with Crippen molar-refractivity contribution in [3.63, 3.8) is 0 Å². The van der Waals surface area contributed by atoms with Crippen LogP contribution in [0.15, 0.2) is 5.10 Å². The number of carbonyl (C=O) groups is 2. The predicted octanol–water partition coefficient (Wildman–Crippen LogP) is -0.326. The van der Waals surface area contributed by atoms with E-state index in [9.17, 15) is 14.7 Å². The first kappa shape index (κ1) is 12.0. The van der Waals surface area contributed by atoms with Crippen molar-refractivity contribution in [1.82, 2.24) is 10.7 Å². The monoisotopic (exact) mass is 239 g/mol. The number of hydrogen-bond donors (Lipinski definition) is 3. The molecule has 1 aliphatic carbocycles. The quantitative estimate of drug-likeness (QED) is 0.630. The van der Waals surface area contributed by atoms with Gasteiger partial charge in [0.25, 0.3) is 5.91 Å². The van der Waals surface area contributed by atoms with Gasteiger partial charge in [-0.1, -0.05) is 12.8 Å². The van der Waals surface area contributed by atoms with Gasteiger partial charge >= 0.3 is 0 Å². The minimum atomic E-state index is -0.485. The third-order valence-electron chi connectivity index (χ3n) is 3.41. The number of amides is 2. The van der Waals surface area contributed by atoms with Gasteiger partial charge in [0, 0.05) is 12.8 Å². The fourth-order valence-corrected chi connectivity index (χ4v) is 2.33. The second kappa shape index (κ2) is 4.83. The van der Waals surface area contributed by atoms with Gasteiger partial charge in [-0.25, -0.2) is 5.43 Å². The van der Waals surface area contributed by atoms with Gasteiger partial charge < -0.3 is 10.4 Å². The Morgan fingerprint density at radius 3 is 2.65 bits per heavy atom. The summed E-state index contributed by atoms with van der Waals surface area (Å²) >= 11 is 0. The lowest BCUT2D eigenvalue weighted by atomic mass is 9.98. The van der Waals surface area contributed by atoms with Crippen LogP contribution in [0.5, 0.6) is 0 Å². The van der Waals surface area contributed by atoms with Crippen LogP contribution in [0.2, 0.25) is 0 Å².